The molecule has 0 saturated heterocycles. The zero-order valence-electron chi connectivity index (χ0n) is 18.8. The maximum Gasteiger partial charge on any atom is 0.225 e. The molecule has 0 unspecified atom stereocenters. The second-order valence-corrected chi connectivity index (χ2v) is 9.00. The molecule has 1 aromatic heterocycles. The first kappa shape index (κ1) is 24.0. The molecular formula is C26H28N4O3S. The zero-order chi connectivity index (χ0) is 23.9. The van der Waals surface area contributed by atoms with Crippen molar-refractivity contribution in [2.75, 3.05) is 17.2 Å². The number of benzene rings is 3. The molecule has 8 heteroatoms. The molecule has 1 heterocycles. The van der Waals surface area contributed by atoms with Crippen molar-refractivity contribution in [2.45, 2.75) is 42.0 Å². The van der Waals surface area contributed by atoms with Crippen molar-refractivity contribution in [1.29, 1.82) is 0 Å². The number of nitrogens with one attached hydrogen (secondary N) is 2. The van der Waals surface area contributed by atoms with Crippen molar-refractivity contribution < 1.29 is 15.3 Å². The molecule has 2 atom stereocenters. The molecule has 0 aliphatic rings. The van der Waals surface area contributed by atoms with E-state index in [9.17, 15) is 15.3 Å². The molecule has 4 aromatic rings. The van der Waals surface area contributed by atoms with Gasteiger partial charge in [-0.1, -0.05) is 60.3 Å². The molecule has 0 bridgehead atoms. The molecule has 0 aliphatic carbocycles. The SMILES string of the molecule is C[C@H](O)[C@@H](CO)Nc1nc(NCc2ccccc2Sc2ccccc2CO)nc2ccccc12. The number of anilines is 2. The highest BCUT2D eigenvalue weighted by atomic mass is 32.2. The van der Waals surface area contributed by atoms with Crippen LogP contribution in [0.2, 0.25) is 0 Å². The van der Waals surface area contributed by atoms with Gasteiger partial charge in [0, 0.05) is 21.7 Å². The average molecular weight is 477 g/mol. The summed E-state index contributed by atoms with van der Waals surface area (Å²) in [5.74, 6) is 0.992. The predicted molar refractivity (Wildman–Crippen MR) is 136 cm³/mol. The maximum atomic E-state index is 9.96. The third-order valence-corrected chi connectivity index (χ3v) is 6.71. The van der Waals surface area contributed by atoms with Gasteiger partial charge >= 0.3 is 0 Å². The largest absolute Gasteiger partial charge is 0.394 e. The molecule has 4 rings (SSSR count). The van der Waals surface area contributed by atoms with Gasteiger partial charge in [-0.15, -0.1) is 0 Å². The van der Waals surface area contributed by atoms with Crippen LogP contribution in [0.4, 0.5) is 11.8 Å². The van der Waals surface area contributed by atoms with Crippen molar-refractivity contribution in [1.82, 2.24) is 9.97 Å². The first-order valence-electron chi connectivity index (χ1n) is 11.1. The minimum absolute atomic E-state index is 0.00835. The molecule has 0 saturated carbocycles. The van der Waals surface area contributed by atoms with Crippen LogP contribution in [0.15, 0.2) is 82.6 Å². The van der Waals surface area contributed by atoms with Crippen LogP contribution in [0.1, 0.15) is 18.1 Å². The van der Waals surface area contributed by atoms with E-state index in [1.807, 2.05) is 66.7 Å². The second kappa shape index (κ2) is 11.3. The van der Waals surface area contributed by atoms with Crippen molar-refractivity contribution >= 4 is 34.4 Å². The molecule has 5 N–H and O–H groups in total. The number of hydrogen-bond donors (Lipinski definition) is 5. The predicted octanol–water partition coefficient (Wildman–Crippen LogP) is 4.04. The summed E-state index contributed by atoms with van der Waals surface area (Å²) in [5, 5.41) is 36.5. The normalized spacial score (nSPS) is 12.9. The number of nitrogens with zero attached hydrogens (tertiary/aromatic N) is 2. The number of aliphatic hydroxyl groups excluding tert-OH is 3. The summed E-state index contributed by atoms with van der Waals surface area (Å²) >= 11 is 1.61. The smallest absolute Gasteiger partial charge is 0.225 e. The summed E-state index contributed by atoms with van der Waals surface area (Å²) in [7, 11) is 0. The fourth-order valence-electron chi connectivity index (χ4n) is 3.54. The number of para-hydroxylation sites is 1. The standard InChI is InChI=1S/C26H28N4O3S/c1-17(33)22(16-32)28-25-20-10-4-5-11-21(20)29-26(30-25)27-14-18-8-2-6-12-23(18)34-24-13-7-3-9-19(24)15-31/h2-13,17,22,31-33H,14-16H2,1H3,(H2,27,28,29,30)/t17-,22+/m0/s1. The van der Waals surface area contributed by atoms with E-state index in [2.05, 4.69) is 26.7 Å². The van der Waals surface area contributed by atoms with Crippen LogP contribution < -0.4 is 10.6 Å². The molecule has 0 radical (unpaired) electrons. The Bertz CT molecular complexity index is 1250. The number of hydrogen-bond acceptors (Lipinski definition) is 8. The van der Waals surface area contributed by atoms with Crippen molar-refractivity contribution in [3.8, 4) is 0 Å². The highest BCUT2D eigenvalue weighted by Crippen LogP contribution is 2.33. The Morgan fingerprint density at radius 3 is 2.21 bits per heavy atom. The summed E-state index contributed by atoms with van der Waals surface area (Å²) in [5.41, 5.74) is 2.72. The Kier molecular flexibility index (Phi) is 7.97. The molecule has 0 aliphatic heterocycles. The van der Waals surface area contributed by atoms with Gasteiger partial charge in [0.1, 0.15) is 5.82 Å². The van der Waals surface area contributed by atoms with Crippen LogP contribution in [-0.2, 0) is 13.2 Å². The van der Waals surface area contributed by atoms with Gasteiger partial charge in [0.25, 0.3) is 0 Å². The quantitative estimate of drug-likeness (QED) is 0.233. The van der Waals surface area contributed by atoms with Crippen LogP contribution in [-0.4, -0.2) is 44.0 Å². The Hall–Kier alpha value is -3.17. The van der Waals surface area contributed by atoms with E-state index >= 15 is 0 Å². The molecule has 0 amide bonds. The molecule has 34 heavy (non-hydrogen) atoms. The average Bonchev–Trinajstić information content (AvgIpc) is 2.86. The van der Waals surface area contributed by atoms with Gasteiger partial charge in [-0.05, 0) is 42.3 Å². The number of aromatic nitrogens is 2. The minimum Gasteiger partial charge on any atom is -0.394 e. The number of rotatable bonds is 10. The molecule has 0 fully saturated rings. The zero-order valence-corrected chi connectivity index (χ0v) is 19.7. The van der Waals surface area contributed by atoms with Crippen LogP contribution >= 0.6 is 11.8 Å². The molecule has 0 spiro atoms. The topological polar surface area (TPSA) is 111 Å². The highest BCUT2D eigenvalue weighted by molar-refractivity contribution is 7.99. The van der Waals surface area contributed by atoms with E-state index in [0.717, 1.165) is 31.8 Å². The Morgan fingerprint density at radius 2 is 1.50 bits per heavy atom. The van der Waals surface area contributed by atoms with Gasteiger partial charge in [-0.2, -0.15) is 4.98 Å². The lowest BCUT2D eigenvalue weighted by atomic mass is 10.1. The third kappa shape index (κ3) is 5.66. The van der Waals surface area contributed by atoms with Gasteiger partial charge in [0.15, 0.2) is 0 Å². The Labute approximate surface area is 202 Å². The maximum absolute atomic E-state index is 9.96. The van der Waals surface area contributed by atoms with Crippen LogP contribution in [0.25, 0.3) is 10.9 Å². The lowest BCUT2D eigenvalue weighted by Crippen LogP contribution is -2.35. The van der Waals surface area contributed by atoms with Gasteiger partial charge in [-0.3, -0.25) is 0 Å². The monoisotopic (exact) mass is 476 g/mol. The minimum atomic E-state index is -0.749. The molecule has 7 nitrogen and oxygen atoms in total. The Balaban J connectivity index is 1.58. The van der Waals surface area contributed by atoms with Gasteiger partial charge in [0.2, 0.25) is 5.95 Å². The van der Waals surface area contributed by atoms with E-state index in [4.69, 9.17) is 0 Å². The second-order valence-electron chi connectivity index (χ2n) is 7.92. The summed E-state index contributed by atoms with van der Waals surface area (Å²) in [6.45, 7) is 1.90. The number of fused-ring (bicyclic) bond motifs is 1. The Morgan fingerprint density at radius 1 is 0.853 bits per heavy atom. The molecular weight excluding hydrogens is 448 g/mol. The summed E-state index contributed by atoms with van der Waals surface area (Å²) < 4.78 is 0. The van der Waals surface area contributed by atoms with Crippen molar-refractivity contribution in [3.63, 3.8) is 0 Å². The fraction of sp³-hybridized carbons (Fsp3) is 0.231. The first-order valence-corrected chi connectivity index (χ1v) is 11.9. The highest BCUT2D eigenvalue weighted by Gasteiger charge is 2.17. The lowest BCUT2D eigenvalue weighted by Gasteiger charge is -2.21. The van der Waals surface area contributed by atoms with E-state index in [1.54, 1.807) is 18.7 Å². The van der Waals surface area contributed by atoms with Crippen molar-refractivity contribution in [3.05, 3.63) is 83.9 Å². The summed E-state index contributed by atoms with van der Waals surface area (Å²) in [6, 6.07) is 23.0. The van der Waals surface area contributed by atoms with E-state index in [1.165, 1.54) is 0 Å². The number of aliphatic hydroxyl groups is 3. The van der Waals surface area contributed by atoms with E-state index in [-0.39, 0.29) is 13.2 Å². The van der Waals surface area contributed by atoms with Gasteiger partial charge in [-0.25, -0.2) is 4.98 Å². The van der Waals surface area contributed by atoms with Crippen LogP contribution in [0, 0.1) is 0 Å². The van der Waals surface area contributed by atoms with Gasteiger partial charge in [0.05, 0.1) is 30.9 Å². The van der Waals surface area contributed by atoms with Gasteiger partial charge < -0.3 is 26.0 Å². The van der Waals surface area contributed by atoms with E-state index < -0.39 is 12.1 Å². The van der Waals surface area contributed by atoms with Crippen molar-refractivity contribution in [2.24, 2.45) is 0 Å². The van der Waals surface area contributed by atoms with Crippen LogP contribution in [0.3, 0.4) is 0 Å². The fourth-order valence-corrected chi connectivity index (χ4v) is 4.60. The first-order chi connectivity index (χ1) is 16.6. The lowest BCUT2D eigenvalue weighted by molar-refractivity contribution is 0.132. The van der Waals surface area contributed by atoms with E-state index in [0.29, 0.717) is 18.3 Å². The summed E-state index contributed by atoms with van der Waals surface area (Å²) in [6.07, 6.45) is -0.749. The van der Waals surface area contributed by atoms with Crippen LogP contribution in [0.5, 0.6) is 0 Å². The third-order valence-electron chi connectivity index (χ3n) is 5.48. The molecule has 3 aromatic carbocycles. The summed E-state index contributed by atoms with van der Waals surface area (Å²) in [4.78, 5) is 11.4. The molecule has 176 valence electrons.